The minimum Gasteiger partial charge on any atom is -0.480 e. The van der Waals surface area contributed by atoms with Crippen LogP contribution >= 0.6 is 0 Å². The molecule has 0 aliphatic heterocycles. The zero-order valence-electron chi connectivity index (χ0n) is 17.9. The highest BCUT2D eigenvalue weighted by molar-refractivity contribution is 5.89. The number of fused-ring (bicyclic) bond motifs is 3. The van der Waals surface area contributed by atoms with Gasteiger partial charge in [-0.15, -0.1) is 0 Å². The Balaban J connectivity index is 1.63. The Labute approximate surface area is 181 Å². The van der Waals surface area contributed by atoms with E-state index in [1.807, 2.05) is 36.4 Å². The highest BCUT2D eigenvalue weighted by atomic mass is 16.5. The van der Waals surface area contributed by atoms with E-state index in [1.54, 1.807) is 20.8 Å². The number of ether oxygens (including phenoxy) is 1. The summed E-state index contributed by atoms with van der Waals surface area (Å²) in [4.78, 5) is 36.2. The minimum atomic E-state index is -1.11. The van der Waals surface area contributed by atoms with Crippen molar-refractivity contribution in [2.45, 2.75) is 45.2 Å². The van der Waals surface area contributed by atoms with E-state index in [4.69, 9.17) is 4.74 Å². The van der Waals surface area contributed by atoms with Gasteiger partial charge in [0.2, 0.25) is 5.91 Å². The van der Waals surface area contributed by atoms with Gasteiger partial charge in [-0.05, 0) is 34.6 Å². The monoisotopic (exact) mass is 424 g/mol. The molecule has 1 unspecified atom stereocenters. The van der Waals surface area contributed by atoms with Crippen LogP contribution in [0.1, 0.15) is 44.2 Å². The predicted molar refractivity (Wildman–Crippen MR) is 117 cm³/mol. The SMILES string of the molecule is CCC(NC(=O)OCC1c2ccccc2-c2ccccc21)C(=O)N[C@H](C(=O)O)C(C)C. The van der Waals surface area contributed by atoms with E-state index in [1.165, 1.54) is 0 Å². The van der Waals surface area contributed by atoms with Crippen LogP contribution in [0.4, 0.5) is 4.79 Å². The lowest BCUT2D eigenvalue weighted by Gasteiger charge is -2.22. The molecule has 1 aliphatic carbocycles. The predicted octanol–water partition coefficient (Wildman–Crippen LogP) is 3.53. The van der Waals surface area contributed by atoms with Crippen molar-refractivity contribution in [1.29, 1.82) is 0 Å². The summed E-state index contributed by atoms with van der Waals surface area (Å²) < 4.78 is 5.48. The van der Waals surface area contributed by atoms with Gasteiger partial charge in [-0.3, -0.25) is 4.79 Å². The van der Waals surface area contributed by atoms with Crippen molar-refractivity contribution in [3.63, 3.8) is 0 Å². The molecule has 3 N–H and O–H groups in total. The summed E-state index contributed by atoms with van der Waals surface area (Å²) in [5, 5.41) is 14.3. The molecular formula is C24H28N2O5. The van der Waals surface area contributed by atoms with Crippen molar-refractivity contribution in [3.8, 4) is 11.1 Å². The van der Waals surface area contributed by atoms with E-state index in [0.717, 1.165) is 22.3 Å². The van der Waals surface area contributed by atoms with Crippen LogP contribution in [0.25, 0.3) is 11.1 Å². The molecule has 3 rings (SSSR count). The third-order valence-corrected chi connectivity index (χ3v) is 5.59. The van der Waals surface area contributed by atoms with Gasteiger partial charge in [0.05, 0.1) is 0 Å². The molecule has 0 radical (unpaired) electrons. The molecule has 7 heteroatoms. The standard InChI is InChI=1S/C24H28N2O5/c1-4-20(22(27)26-21(14(2)3)23(28)29)25-24(30)31-13-19-17-11-7-5-9-15(17)16-10-6-8-12-18(16)19/h5-12,14,19-21H,4,13H2,1-3H3,(H,25,30)(H,26,27)(H,28,29)/t20?,21-/m0/s1. The van der Waals surface area contributed by atoms with Crippen LogP contribution in [-0.2, 0) is 14.3 Å². The number of rotatable bonds is 8. The molecular weight excluding hydrogens is 396 g/mol. The second kappa shape index (κ2) is 9.64. The second-order valence-corrected chi connectivity index (χ2v) is 8.00. The van der Waals surface area contributed by atoms with Crippen molar-refractivity contribution in [2.75, 3.05) is 6.61 Å². The summed E-state index contributed by atoms with van der Waals surface area (Å²) >= 11 is 0. The van der Waals surface area contributed by atoms with Gasteiger partial charge in [0.25, 0.3) is 0 Å². The van der Waals surface area contributed by atoms with Crippen molar-refractivity contribution in [2.24, 2.45) is 5.92 Å². The quantitative estimate of drug-likeness (QED) is 0.601. The maximum absolute atomic E-state index is 12.5. The van der Waals surface area contributed by atoms with E-state index < -0.39 is 30.1 Å². The molecule has 0 saturated heterocycles. The number of benzene rings is 2. The van der Waals surface area contributed by atoms with Crippen LogP contribution in [-0.4, -0.2) is 41.8 Å². The maximum atomic E-state index is 12.5. The first-order valence-corrected chi connectivity index (χ1v) is 10.5. The Hall–Kier alpha value is -3.35. The Bertz CT molecular complexity index is 926. The number of aliphatic carboxylic acids is 1. The molecule has 0 spiro atoms. The molecule has 0 bridgehead atoms. The van der Waals surface area contributed by atoms with Crippen molar-refractivity contribution in [1.82, 2.24) is 10.6 Å². The lowest BCUT2D eigenvalue weighted by atomic mass is 9.98. The average molecular weight is 424 g/mol. The molecule has 164 valence electrons. The van der Waals surface area contributed by atoms with Crippen molar-refractivity contribution in [3.05, 3.63) is 59.7 Å². The third kappa shape index (κ3) is 4.87. The van der Waals surface area contributed by atoms with Gasteiger partial charge in [-0.1, -0.05) is 69.3 Å². The first kappa shape index (κ1) is 22.3. The van der Waals surface area contributed by atoms with E-state index in [-0.39, 0.29) is 18.4 Å². The number of carbonyl (C=O) groups is 3. The van der Waals surface area contributed by atoms with Gasteiger partial charge in [0, 0.05) is 5.92 Å². The number of amides is 2. The van der Waals surface area contributed by atoms with Gasteiger partial charge in [0.1, 0.15) is 18.7 Å². The molecule has 7 nitrogen and oxygen atoms in total. The van der Waals surface area contributed by atoms with Gasteiger partial charge in [-0.25, -0.2) is 9.59 Å². The van der Waals surface area contributed by atoms with E-state index in [0.29, 0.717) is 6.42 Å². The fourth-order valence-electron chi connectivity index (χ4n) is 3.90. The summed E-state index contributed by atoms with van der Waals surface area (Å²) in [6, 6.07) is 14.2. The molecule has 0 heterocycles. The van der Waals surface area contributed by atoms with Crippen LogP contribution in [0.2, 0.25) is 0 Å². The van der Waals surface area contributed by atoms with Gasteiger partial charge >= 0.3 is 12.1 Å². The largest absolute Gasteiger partial charge is 0.480 e. The van der Waals surface area contributed by atoms with Crippen LogP contribution in [0.15, 0.2) is 48.5 Å². The Morgan fingerprint density at radius 2 is 1.52 bits per heavy atom. The van der Waals surface area contributed by atoms with E-state index in [2.05, 4.69) is 22.8 Å². The van der Waals surface area contributed by atoms with Crippen molar-refractivity contribution >= 4 is 18.0 Å². The van der Waals surface area contributed by atoms with Gasteiger partial charge < -0.3 is 20.5 Å². The molecule has 2 aromatic carbocycles. The lowest BCUT2D eigenvalue weighted by molar-refractivity contribution is -0.143. The zero-order chi connectivity index (χ0) is 22.5. The van der Waals surface area contributed by atoms with Crippen LogP contribution in [0.5, 0.6) is 0 Å². The summed E-state index contributed by atoms with van der Waals surface area (Å²) in [6.07, 6.45) is -0.402. The summed E-state index contributed by atoms with van der Waals surface area (Å²) in [7, 11) is 0. The van der Waals surface area contributed by atoms with Crippen molar-refractivity contribution < 1.29 is 24.2 Å². The average Bonchev–Trinajstić information content (AvgIpc) is 3.07. The topological polar surface area (TPSA) is 105 Å². The molecule has 2 atom stereocenters. The Morgan fingerprint density at radius 3 is 2.00 bits per heavy atom. The molecule has 0 saturated carbocycles. The number of carbonyl (C=O) groups excluding carboxylic acids is 2. The molecule has 31 heavy (non-hydrogen) atoms. The highest BCUT2D eigenvalue weighted by Gasteiger charge is 2.30. The molecule has 2 aromatic rings. The molecule has 2 amide bonds. The maximum Gasteiger partial charge on any atom is 0.407 e. The first-order chi connectivity index (χ1) is 14.8. The van der Waals surface area contributed by atoms with E-state index >= 15 is 0 Å². The van der Waals surface area contributed by atoms with Crippen LogP contribution in [0.3, 0.4) is 0 Å². The highest BCUT2D eigenvalue weighted by Crippen LogP contribution is 2.44. The number of hydrogen-bond acceptors (Lipinski definition) is 4. The number of nitrogens with one attached hydrogen (secondary N) is 2. The minimum absolute atomic E-state index is 0.0793. The van der Waals surface area contributed by atoms with E-state index in [9.17, 15) is 19.5 Å². The van der Waals surface area contributed by atoms with Gasteiger partial charge in [-0.2, -0.15) is 0 Å². The fraction of sp³-hybridized carbons (Fsp3) is 0.375. The molecule has 1 aliphatic rings. The second-order valence-electron chi connectivity index (χ2n) is 8.00. The fourth-order valence-corrected chi connectivity index (χ4v) is 3.90. The Morgan fingerprint density at radius 1 is 0.968 bits per heavy atom. The zero-order valence-corrected chi connectivity index (χ0v) is 17.9. The summed E-state index contributed by atoms with van der Waals surface area (Å²) in [5.41, 5.74) is 4.46. The summed E-state index contributed by atoms with van der Waals surface area (Å²) in [5.74, 6) is -2.02. The van der Waals surface area contributed by atoms with Crippen LogP contribution in [0, 0.1) is 5.92 Å². The molecule has 0 aromatic heterocycles. The number of hydrogen-bond donors (Lipinski definition) is 3. The smallest absolute Gasteiger partial charge is 0.407 e. The Kier molecular flexibility index (Phi) is 6.95. The van der Waals surface area contributed by atoms with Gasteiger partial charge in [0.15, 0.2) is 0 Å². The third-order valence-electron chi connectivity index (χ3n) is 5.59. The molecule has 0 fully saturated rings. The number of carboxylic acids is 1. The number of carboxylic acid groups (broad SMARTS) is 1. The van der Waals surface area contributed by atoms with Crippen LogP contribution < -0.4 is 10.6 Å². The lowest BCUT2D eigenvalue weighted by Crippen LogP contribution is -2.53. The number of alkyl carbamates (subject to hydrolysis) is 1. The first-order valence-electron chi connectivity index (χ1n) is 10.5. The summed E-state index contributed by atoms with van der Waals surface area (Å²) in [6.45, 7) is 5.29. The normalized spacial score (nSPS) is 14.3.